The summed E-state index contributed by atoms with van der Waals surface area (Å²) in [5, 5.41) is 9.30. The smallest absolute Gasteiger partial charge is 0.324 e. The van der Waals surface area contributed by atoms with Crippen LogP contribution in [0.2, 0.25) is 0 Å². The summed E-state index contributed by atoms with van der Waals surface area (Å²) < 4.78 is 10.5. The number of carbonyl (C=O) groups excluding carboxylic acids is 1. The van der Waals surface area contributed by atoms with Crippen molar-refractivity contribution < 1.29 is 14.1 Å². The fourth-order valence-corrected chi connectivity index (χ4v) is 2.38. The van der Waals surface area contributed by atoms with E-state index in [1.54, 1.807) is 25.3 Å². The van der Waals surface area contributed by atoms with Crippen molar-refractivity contribution in [2.75, 3.05) is 17.7 Å². The third kappa shape index (κ3) is 7.90. The highest BCUT2D eigenvalue weighted by Gasteiger charge is 2.20. The second-order valence-corrected chi connectivity index (χ2v) is 7.86. The number of anilines is 2. The Balaban J connectivity index is 1.96. The lowest BCUT2D eigenvalue weighted by Gasteiger charge is -2.12. The normalized spacial score (nSPS) is 12.3. The van der Waals surface area contributed by atoms with E-state index >= 15 is 0 Å². The zero-order chi connectivity index (χ0) is 22.9. The number of nitrogens with one attached hydrogen (secondary N) is 2. The molecular weight excluding hydrogens is 390 g/mol. The molecule has 0 unspecified atom stereocenters. The van der Waals surface area contributed by atoms with Gasteiger partial charge in [0.05, 0.1) is 7.11 Å². The Bertz CT molecular complexity index is 1040. The van der Waals surface area contributed by atoms with E-state index in [1.807, 2.05) is 71.1 Å². The predicted molar refractivity (Wildman–Crippen MR) is 125 cm³/mol. The van der Waals surface area contributed by atoms with Crippen LogP contribution in [0, 0.1) is 11.8 Å². The summed E-state index contributed by atoms with van der Waals surface area (Å²) in [6.07, 6.45) is 7.57. The van der Waals surface area contributed by atoms with Gasteiger partial charge in [0.2, 0.25) is 0 Å². The fraction of sp³-hybridized carbons (Fsp3) is 0.280. The number of benzene rings is 1. The molecule has 2 N–H and O–H groups in total. The van der Waals surface area contributed by atoms with Crippen molar-refractivity contribution in [3.05, 3.63) is 77.3 Å². The van der Waals surface area contributed by atoms with Crippen LogP contribution in [0.5, 0.6) is 0 Å². The van der Waals surface area contributed by atoms with Crippen molar-refractivity contribution in [2.24, 2.45) is 0 Å². The van der Waals surface area contributed by atoms with Gasteiger partial charge < -0.3 is 14.6 Å². The average Bonchev–Trinajstić information content (AvgIpc) is 3.19. The molecule has 0 aliphatic rings. The minimum absolute atomic E-state index is 0.178. The molecule has 2 rings (SSSR count). The number of nitrogens with zero attached hydrogens (tertiary/aromatic N) is 1. The number of hydrogen-bond donors (Lipinski definition) is 2. The van der Waals surface area contributed by atoms with Crippen LogP contribution in [0.1, 0.15) is 45.9 Å². The van der Waals surface area contributed by atoms with Crippen LogP contribution in [0.25, 0.3) is 0 Å². The van der Waals surface area contributed by atoms with Crippen LogP contribution in [-0.4, -0.2) is 18.3 Å². The Hall–Kier alpha value is -3.72. The molecule has 6 heteroatoms. The molecule has 0 atom stereocenters. The number of aromatic nitrogens is 1. The highest BCUT2D eigenvalue weighted by atomic mass is 16.5. The first-order chi connectivity index (χ1) is 14.7. The number of allylic oxidation sites excluding steroid dienone is 5. The highest BCUT2D eigenvalue weighted by Crippen LogP contribution is 2.24. The first-order valence-electron chi connectivity index (χ1n) is 9.94. The summed E-state index contributed by atoms with van der Waals surface area (Å²) in [6, 6.07) is 8.60. The molecule has 1 aromatic carbocycles. The highest BCUT2D eigenvalue weighted by molar-refractivity contribution is 5.99. The lowest BCUT2D eigenvalue weighted by molar-refractivity contribution is 0.262. The van der Waals surface area contributed by atoms with Crippen molar-refractivity contribution >= 4 is 17.5 Å². The summed E-state index contributed by atoms with van der Waals surface area (Å²) in [5.74, 6) is 8.02. The lowest BCUT2D eigenvalue weighted by atomic mass is 9.93. The minimum atomic E-state index is -0.395. The van der Waals surface area contributed by atoms with Crippen molar-refractivity contribution in [3.63, 3.8) is 0 Å². The maximum Gasteiger partial charge on any atom is 0.324 e. The van der Waals surface area contributed by atoms with Crippen molar-refractivity contribution in [1.82, 2.24) is 5.16 Å². The van der Waals surface area contributed by atoms with Crippen LogP contribution in [0.3, 0.4) is 0 Å². The number of ether oxygens (including phenoxy) is 1. The van der Waals surface area contributed by atoms with Crippen molar-refractivity contribution in [1.29, 1.82) is 0 Å². The number of carbonyl (C=O) groups is 1. The van der Waals surface area contributed by atoms with Crippen LogP contribution >= 0.6 is 0 Å². The molecule has 2 amide bonds. The number of urea groups is 1. The number of amides is 2. The third-order valence-corrected chi connectivity index (χ3v) is 4.10. The topological polar surface area (TPSA) is 76.4 Å². The number of methoxy groups -OCH3 is 1. The lowest BCUT2D eigenvalue weighted by Crippen LogP contribution is -2.19. The molecule has 1 aromatic heterocycles. The van der Waals surface area contributed by atoms with Gasteiger partial charge in [0, 0.05) is 22.7 Å². The molecule has 0 radical (unpaired) electrons. The standard InChI is InChI=1S/C25H29N3O3/c1-7-8-21(30-6)16-10-18(2)9-11-19-12-14-20(15-13-19)26-24(29)27-23-17-22(31-28-23)25(3,4)5/h7-8,10,12-17H,1-6H3,(H2,26,27,28,29)/b8-7+,18-10+,21-16+. The first kappa shape index (κ1) is 23.6. The molecule has 2 aromatic rings. The molecule has 0 spiro atoms. The van der Waals surface area contributed by atoms with Gasteiger partial charge in [-0.15, -0.1) is 0 Å². The van der Waals surface area contributed by atoms with Crippen LogP contribution in [0.4, 0.5) is 16.3 Å². The fourth-order valence-electron chi connectivity index (χ4n) is 2.38. The number of hydrogen-bond acceptors (Lipinski definition) is 4. The van der Waals surface area contributed by atoms with Crippen molar-refractivity contribution in [3.8, 4) is 11.8 Å². The quantitative estimate of drug-likeness (QED) is 0.353. The number of rotatable bonds is 5. The van der Waals surface area contributed by atoms with E-state index < -0.39 is 6.03 Å². The van der Waals surface area contributed by atoms with Gasteiger partial charge in [-0.3, -0.25) is 5.32 Å². The Morgan fingerprint density at radius 3 is 2.45 bits per heavy atom. The van der Waals surface area contributed by atoms with E-state index in [9.17, 15) is 4.79 Å². The van der Waals surface area contributed by atoms with Gasteiger partial charge in [-0.25, -0.2) is 4.79 Å². The largest absolute Gasteiger partial charge is 0.497 e. The molecule has 0 saturated heterocycles. The van der Waals surface area contributed by atoms with Gasteiger partial charge in [-0.1, -0.05) is 43.8 Å². The average molecular weight is 420 g/mol. The van der Waals surface area contributed by atoms with Gasteiger partial charge in [0.1, 0.15) is 11.5 Å². The monoisotopic (exact) mass is 419 g/mol. The predicted octanol–water partition coefficient (Wildman–Crippen LogP) is 6.02. The summed E-state index contributed by atoms with van der Waals surface area (Å²) >= 11 is 0. The molecule has 1 heterocycles. The molecule has 6 nitrogen and oxygen atoms in total. The first-order valence-corrected chi connectivity index (χ1v) is 9.94. The maximum absolute atomic E-state index is 12.2. The van der Waals surface area contributed by atoms with Gasteiger partial charge in [-0.2, -0.15) is 0 Å². The van der Waals surface area contributed by atoms with Crippen LogP contribution < -0.4 is 10.6 Å². The third-order valence-electron chi connectivity index (χ3n) is 4.10. The van der Waals surface area contributed by atoms with E-state index in [-0.39, 0.29) is 5.41 Å². The minimum Gasteiger partial charge on any atom is -0.497 e. The van der Waals surface area contributed by atoms with E-state index in [0.717, 1.165) is 16.9 Å². The zero-order valence-electron chi connectivity index (χ0n) is 18.9. The van der Waals surface area contributed by atoms with Gasteiger partial charge in [-0.05, 0) is 61.9 Å². The van der Waals surface area contributed by atoms with Gasteiger partial charge in [0.15, 0.2) is 5.82 Å². The van der Waals surface area contributed by atoms with Gasteiger partial charge in [0.25, 0.3) is 0 Å². The molecule has 0 fully saturated rings. The SMILES string of the molecule is C/C=C/C(=C\C=C(/C)C#Cc1ccc(NC(=O)Nc2cc(C(C)(C)C)on2)cc1)OC. The van der Waals surface area contributed by atoms with Crippen LogP contribution in [0.15, 0.2) is 70.5 Å². The molecule has 0 saturated carbocycles. The summed E-state index contributed by atoms with van der Waals surface area (Å²) in [7, 11) is 1.63. The summed E-state index contributed by atoms with van der Waals surface area (Å²) in [5.41, 5.74) is 2.22. The maximum atomic E-state index is 12.2. The molecule has 0 aliphatic heterocycles. The Kier molecular flexibility index (Phi) is 8.27. The molecular formula is C25H29N3O3. The molecule has 0 aliphatic carbocycles. The second kappa shape index (κ2) is 10.9. The Morgan fingerprint density at radius 1 is 1.16 bits per heavy atom. The Morgan fingerprint density at radius 2 is 1.87 bits per heavy atom. The molecule has 162 valence electrons. The van der Waals surface area contributed by atoms with E-state index in [4.69, 9.17) is 9.26 Å². The summed E-state index contributed by atoms with van der Waals surface area (Å²) in [4.78, 5) is 12.2. The van der Waals surface area contributed by atoms with Crippen molar-refractivity contribution in [2.45, 2.75) is 40.0 Å². The van der Waals surface area contributed by atoms with E-state index in [1.165, 1.54) is 0 Å². The van der Waals surface area contributed by atoms with Gasteiger partial charge >= 0.3 is 6.03 Å². The zero-order valence-corrected chi connectivity index (χ0v) is 18.9. The second-order valence-electron chi connectivity index (χ2n) is 7.86. The molecule has 0 bridgehead atoms. The molecule has 31 heavy (non-hydrogen) atoms. The summed E-state index contributed by atoms with van der Waals surface area (Å²) in [6.45, 7) is 9.90. The van der Waals surface area contributed by atoms with E-state index in [0.29, 0.717) is 17.3 Å². The van der Waals surface area contributed by atoms with E-state index in [2.05, 4.69) is 27.6 Å². The Labute approximate surface area is 184 Å². The van der Waals surface area contributed by atoms with Crippen LogP contribution in [-0.2, 0) is 10.2 Å².